The van der Waals surface area contributed by atoms with Crippen LogP contribution in [0.15, 0.2) is 18.2 Å². The third-order valence-electron chi connectivity index (χ3n) is 3.76. The van der Waals surface area contributed by atoms with Gasteiger partial charge >= 0.3 is 0 Å². The SMILES string of the molecule is NCC1Cc2[nH]c3cccc(N)c3c2C(N)C1. The quantitative estimate of drug-likeness (QED) is 0.556. The number of benzene rings is 1. The zero-order chi connectivity index (χ0) is 12.0. The molecule has 17 heavy (non-hydrogen) atoms. The molecule has 1 aromatic heterocycles. The van der Waals surface area contributed by atoms with E-state index in [1.165, 1.54) is 11.3 Å². The Kier molecular flexibility index (Phi) is 2.34. The summed E-state index contributed by atoms with van der Waals surface area (Å²) in [4.78, 5) is 3.44. The van der Waals surface area contributed by atoms with E-state index in [1.807, 2.05) is 18.2 Å². The molecule has 1 aromatic carbocycles. The van der Waals surface area contributed by atoms with Crippen LogP contribution in [0.2, 0.25) is 0 Å². The van der Waals surface area contributed by atoms with Crippen LogP contribution in [0.25, 0.3) is 10.9 Å². The minimum atomic E-state index is 0.0470. The highest BCUT2D eigenvalue weighted by Crippen LogP contribution is 2.38. The molecular formula is C13H18N4. The normalized spacial score (nSPS) is 23.9. The van der Waals surface area contributed by atoms with Crippen LogP contribution < -0.4 is 17.2 Å². The average molecular weight is 230 g/mol. The molecule has 2 aromatic rings. The third kappa shape index (κ3) is 1.52. The van der Waals surface area contributed by atoms with Gasteiger partial charge in [-0.1, -0.05) is 6.07 Å². The Labute approximate surface area is 100 Å². The van der Waals surface area contributed by atoms with Crippen LogP contribution in [-0.2, 0) is 6.42 Å². The van der Waals surface area contributed by atoms with Crippen molar-refractivity contribution >= 4 is 16.6 Å². The Morgan fingerprint density at radius 1 is 1.35 bits per heavy atom. The molecule has 4 nitrogen and oxygen atoms in total. The first-order valence-corrected chi connectivity index (χ1v) is 6.05. The Balaban J connectivity index is 2.22. The number of fused-ring (bicyclic) bond motifs is 3. The zero-order valence-corrected chi connectivity index (χ0v) is 9.74. The summed E-state index contributed by atoms with van der Waals surface area (Å²) < 4.78 is 0. The van der Waals surface area contributed by atoms with E-state index < -0.39 is 0 Å². The maximum absolute atomic E-state index is 6.26. The number of nitrogen functional groups attached to an aromatic ring is 1. The van der Waals surface area contributed by atoms with Crippen molar-refractivity contribution in [2.45, 2.75) is 18.9 Å². The molecular weight excluding hydrogens is 212 g/mol. The van der Waals surface area contributed by atoms with Gasteiger partial charge in [-0.05, 0) is 43.0 Å². The second kappa shape index (κ2) is 3.75. The number of H-pyrrole nitrogens is 1. The number of hydrogen-bond acceptors (Lipinski definition) is 3. The number of anilines is 1. The molecule has 7 N–H and O–H groups in total. The second-order valence-electron chi connectivity index (χ2n) is 4.94. The van der Waals surface area contributed by atoms with Gasteiger partial charge in [-0.25, -0.2) is 0 Å². The Morgan fingerprint density at radius 2 is 2.18 bits per heavy atom. The summed E-state index contributed by atoms with van der Waals surface area (Å²) in [6.07, 6.45) is 1.93. The van der Waals surface area contributed by atoms with Gasteiger partial charge < -0.3 is 22.2 Å². The number of nitrogens with one attached hydrogen (secondary N) is 1. The topological polar surface area (TPSA) is 93.8 Å². The summed E-state index contributed by atoms with van der Waals surface area (Å²) in [5, 5.41) is 1.10. The van der Waals surface area contributed by atoms with E-state index in [0.29, 0.717) is 12.5 Å². The molecule has 0 aliphatic heterocycles. The predicted molar refractivity (Wildman–Crippen MR) is 70.5 cm³/mol. The first-order valence-electron chi connectivity index (χ1n) is 6.05. The Hall–Kier alpha value is -1.52. The van der Waals surface area contributed by atoms with Gasteiger partial charge in [0.15, 0.2) is 0 Å². The molecule has 0 bridgehead atoms. The average Bonchev–Trinajstić information content (AvgIpc) is 2.68. The van der Waals surface area contributed by atoms with Crippen LogP contribution in [0.3, 0.4) is 0 Å². The van der Waals surface area contributed by atoms with Crippen molar-refractivity contribution in [3.63, 3.8) is 0 Å². The van der Waals surface area contributed by atoms with Crippen molar-refractivity contribution < 1.29 is 0 Å². The lowest BCUT2D eigenvalue weighted by molar-refractivity contribution is 0.414. The highest BCUT2D eigenvalue weighted by atomic mass is 14.8. The summed E-state index contributed by atoms with van der Waals surface area (Å²) in [7, 11) is 0. The molecule has 2 atom stereocenters. The summed E-state index contributed by atoms with van der Waals surface area (Å²) in [6.45, 7) is 0.692. The van der Waals surface area contributed by atoms with Crippen molar-refractivity contribution in [3.8, 4) is 0 Å². The van der Waals surface area contributed by atoms with Gasteiger partial charge in [0.25, 0.3) is 0 Å². The van der Waals surface area contributed by atoms with Crippen molar-refractivity contribution in [1.29, 1.82) is 0 Å². The lowest BCUT2D eigenvalue weighted by atomic mass is 9.83. The van der Waals surface area contributed by atoms with Crippen molar-refractivity contribution in [2.24, 2.45) is 17.4 Å². The van der Waals surface area contributed by atoms with Gasteiger partial charge in [-0.3, -0.25) is 0 Å². The van der Waals surface area contributed by atoms with Gasteiger partial charge in [-0.15, -0.1) is 0 Å². The van der Waals surface area contributed by atoms with Crippen molar-refractivity contribution in [1.82, 2.24) is 4.98 Å². The Bertz CT molecular complexity index is 558. The Morgan fingerprint density at radius 3 is 2.94 bits per heavy atom. The van der Waals surface area contributed by atoms with Crippen LogP contribution >= 0.6 is 0 Å². The summed E-state index contributed by atoms with van der Waals surface area (Å²) in [5.74, 6) is 0.479. The fourth-order valence-electron chi connectivity index (χ4n) is 2.95. The van der Waals surface area contributed by atoms with E-state index in [-0.39, 0.29) is 6.04 Å². The lowest BCUT2D eigenvalue weighted by Crippen LogP contribution is -2.28. The number of rotatable bonds is 1. The van der Waals surface area contributed by atoms with Gasteiger partial charge in [0.1, 0.15) is 0 Å². The largest absolute Gasteiger partial charge is 0.398 e. The lowest BCUT2D eigenvalue weighted by Gasteiger charge is -2.26. The minimum Gasteiger partial charge on any atom is -0.398 e. The van der Waals surface area contributed by atoms with Crippen LogP contribution in [-0.4, -0.2) is 11.5 Å². The smallest absolute Gasteiger partial charge is 0.0480 e. The number of aromatic amines is 1. The zero-order valence-electron chi connectivity index (χ0n) is 9.74. The van der Waals surface area contributed by atoms with Crippen LogP contribution in [0.5, 0.6) is 0 Å². The van der Waals surface area contributed by atoms with Gasteiger partial charge in [0.2, 0.25) is 0 Å². The molecule has 90 valence electrons. The van der Waals surface area contributed by atoms with Crippen molar-refractivity contribution in [3.05, 3.63) is 29.5 Å². The summed E-state index contributed by atoms with van der Waals surface area (Å²) >= 11 is 0. The molecule has 0 saturated heterocycles. The minimum absolute atomic E-state index is 0.0470. The summed E-state index contributed by atoms with van der Waals surface area (Å²) in [5.41, 5.74) is 22.4. The van der Waals surface area contributed by atoms with E-state index in [4.69, 9.17) is 17.2 Å². The predicted octanol–water partition coefficient (Wildman–Crippen LogP) is 1.27. The maximum atomic E-state index is 6.26. The first kappa shape index (κ1) is 10.6. The van der Waals surface area contributed by atoms with Crippen LogP contribution in [0.1, 0.15) is 23.7 Å². The van der Waals surface area contributed by atoms with E-state index >= 15 is 0 Å². The highest BCUT2D eigenvalue weighted by Gasteiger charge is 2.27. The molecule has 0 amide bonds. The number of hydrogen-bond donors (Lipinski definition) is 4. The molecule has 0 saturated carbocycles. The third-order valence-corrected chi connectivity index (χ3v) is 3.76. The van der Waals surface area contributed by atoms with Crippen molar-refractivity contribution in [2.75, 3.05) is 12.3 Å². The molecule has 1 aliphatic carbocycles. The molecule has 0 fully saturated rings. The van der Waals surface area contributed by atoms with E-state index in [0.717, 1.165) is 29.4 Å². The fourth-order valence-corrected chi connectivity index (χ4v) is 2.95. The summed E-state index contributed by atoms with van der Waals surface area (Å²) in [6, 6.07) is 5.99. The molecule has 1 heterocycles. The van der Waals surface area contributed by atoms with Crippen LogP contribution in [0, 0.1) is 5.92 Å². The molecule has 1 aliphatic rings. The van der Waals surface area contributed by atoms with E-state index in [1.54, 1.807) is 0 Å². The monoisotopic (exact) mass is 230 g/mol. The number of nitrogens with two attached hydrogens (primary N) is 3. The van der Waals surface area contributed by atoms with Gasteiger partial charge in [0.05, 0.1) is 0 Å². The standard InChI is InChI=1S/C13H18N4/c14-6-7-4-9(16)13-11(5-7)17-10-3-1-2-8(15)12(10)13/h1-3,7,9,17H,4-6,14-16H2. The molecule has 4 heteroatoms. The highest BCUT2D eigenvalue weighted by molar-refractivity contribution is 5.95. The number of aromatic nitrogens is 1. The molecule has 2 unspecified atom stereocenters. The van der Waals surface area contributed by atoms with Gasteiger partial charge in [-0.2, -0.15) is 0 Å². The molecule has 0 radical (unpaired) electrons. The molecule has 0 spiro atoms. The second-order valence-corrected chi connectivity index (χ2v) is 4.94. The van der Waals surface area contributed by atoms with Crippen LogP contribution in [0.4, 0.5) is 5.69 Å². The molecule has 3 rings (SSSR count). The van der Waals surface area contributed by atoms with Gasteiger partial charge in [0, 0.05) is 28.3 Å². The first-order chi connectivity index (χ1) is 8.20. The fraction of sp³-hybridized carbons (Fsp3) is 0.385. The van der Waals surface area contributed by atoms with E-state index in [9.17, 15) is 0 Å². The maximum Gasteiger partial charge on any atom is 0.0480 e. The van der Waals surface area contributed by atoms with E-state index in [2.05, 4.69) is 4.98 Å².